The Morgan fingerprint density at radius 2 is 2.27 bits per heavy atom. The summed E-state index contributed by atoms with van der Waals surface area (Å²) in [6, 6.07) is 5.82. The van der Waals surface area contributed by atoms with Crippen molar-refractivity contribution in [3.05, 3.63) is 52.2 Å². The van der Waals surface area contributed by atoms with Crippen LogP contribution in [0.4, 0.5) is 0 Å². The normalized spacial score (nSPS) is 10.8. The van der Waals surface area contributed by atoms with Gasteiger partial charge in [-0.05, 0) is 18.6 Å². The van der Waals surface area contributed by atoms with E-state index in [4.69, 9.17) is 6.42 Å². The van der Waals surface area contributed by atoms with Crippen molar-refractivity contribution in [2.75, 3.05) is 18.8 Å². The second-order valence-corrected chi connectivity index (χ2v) is 5.47. The Labute approximate surface area is 134 Å². The third kappa shape index (κ3) is 8.87. The fourth-order valence-corrected chi connectivity index (χ4v) is 2.36. The highest BCUT2D eigenvalue weighted by Crippen LogP contribution is 2.08. The number of terminal acetylenes is 1. The Kier molecular flexibility index (Phi) is 9.30. The molecular formula is C15H20N4O2S. The molecule has 1 aromatic heterocycles. The van der Waals surface area contributed by atoms with Crippen LogP contribution >= 0.6 is 11.8 Å². The summed E-state index contributed by atoms with van der Waals surface area (Å²) in [4.78, 5) is 14.3. The third-order valence-corrected chi connectivity index (χ3v) is 3.58. The molecule has 0 aliphatic carbocycles. The van der Waals surface area contributed by atoms with Gasteiger partial charge in [-0.3, -0.25) is 15.1 Å². The lowest BCUT2D eigenvalue weighted by Crippen LogP contribution is -2.29. The predicted octanol–water partition coefficient (Wildman–Crippen LogP) is 1.98. The van der Waals surface area contributed by atoms with Crippen LogP contribution in [0.1, 0.15) is 18.5 Å². The zero-order valence-electron chi connectivity index (χ0n) is 12.3. The summed E-state index contributed by atoms with van der Waals surface area (Å²) in [5, 5.41) is 16.6. The van der Waals surface area contributed by atoms with E-state index in [1.165, 1.54) is 0 Å². The van der Waals surface area contributed by atoms with Gasteiger partial charge in [0, 0.05) is 37.2 Å². The lowest BCUT2D eigenvalue weighted by Gasteiger charge is -2.10. The maximum Gasteiger partial charge on any atom is 0.274 e. The number of nitrogens with one attached hydrogen (secondary N) is 2. The SMILES string of the molecule is C#CCCCNC(=C[N+](=O)[O-])NCCSCc1ccccn1. The van der Waals surface area contributed by atoms with Crippen LogP contribution in [-0.2, 0) is 5.75 Å². The van der Waals surface area contributed by atoms with Gasteiger partial charge in [-0.25, -0.2) is 0 Å². The highest BCUT2D eigenvalue weighted by molar-refractivity contribution is 7.98. The first-order valence-electron chi connectivity index (χ1n) is 6.96. The molecule has 0 bridgehead atoms. The first kappa shape index (κ1) is 17.9. The maximum absolute atomic E-state index is 10.6. The summed E-state index contributed by atoms with van der Waals surface area (Å²) in [5.41, 5.74) is 1.03. The number of aromatic nitrogens is 1. The van der Waals surface area contributed by atoms with Crippen molar-refractivity contribution in [3.63, 3.8) is 0 Å². The Bertz CT molecular complexity index is 514. The molecule has 2 N–H and O–H groups in total. The van der Waals surface area contributed by atoms with Gasteiger partial charge in [0.25, 0.3) is 6.20 Å². The lowest BCUT2D eigenvalue weighted by atomic mass is 10.3. The second-order valence-electron chi connectivity index (χ2n) is 4.36. The molecule has 0 spiro atoms. The van der Waals surface area contributed by atoms with E-state index >= 15 is 0 Å². The fourth-order valence-electron chi connectivity index (χ4n) is 1.59. The Morgan fingerprint density at radius 1 is 1.45 bits per heavy atom. The van der Waals surface area contributed by atoms with Gasteiger partial charge in [-0.15, -0.1) is 12.3 Å². The topological polar surface area (TPSA) is 80.1 Å². The van der Waals surface area contributed by atoms with Gasteiger partial charge >= 0.3 is 0 Å². The quantitative estimate of drug-likeness (QED) is 0.281. The van der Waals surface area contributed by atoms with Crippen LogP contribution in [0, 0.1) is 22.5 Å². The molecule has 1 aromatic rings. The van der Waals surface area contributed by atoms with Crippen molar-refractivity contribution in [3.8, 4) is 12.3 Å². The van der Waals surface area contributed by atoms with E-state index in [0.29, 0.717) is 25.3 Å². The molecular weight excluding hydrogens is 300 g/mol. The maximum atomic E-state index is 10.6. The van der Waals surface area contributed by atoms with Gasteiger partial charge in [0.2, 0.25) is 0 Å². The van der Waals surface area contributed by atoms with Crippen molar-refractivity contribution < 1.29 is 4.92 Å². The zero-order valence-corrected chi connectivity index (χ0v) is 13.1. The second kappa shape index (κ2) is 11.5. The molecule has 0 fully saturated rings. The van der Waals surface area contributed by atoms with Crippen molar-refractivity contribution in [1.29, 1.82) is 0 Å². The average Bonchev–Trinajstić information content (AvgIpc) is 2.51. The van der Waals surface area contributed by atoms with Crippen molar-refractivity contribution in [2.24, 2.45) is 0 Å². The smallest absolute Gasteiger partial charge is 0.274 e. The van der Waals surface area contributed by atoms with E-state index < -0.39 is 4.92 Å². The molecule has 0 radical (unpaired) electrons. The first-order chi connectivity index (χ1) is 10.7. The molecule has 0 aliphatic rings. The highest BCUT2D eigenvalue weighted by atomic mass is 32.2. The molecule has 118 valence electrons. The van der Waals surface area contributed by atoms with Crippen LogP contribution < -0.4 is 10.6 Å². The molecule has 0 amide bonds. The molecule has 6 nitrogen and oxygen atoms in total. The van der Waals surface area contributed by atoms with Crippen LogP contribution in [0.2, 0.25) is 0 Å². The van der Waals surface area contributed by atoms with Gasteiger partial charge in [0.1, 0.15) is 0 Å². The molecule has 22 heavy (non-hydrogen) atoms. The van der Waals surface area contributed by atoms with E-state index in [-0.39, 0.29) is 0 Å². The van der Waals surface area contributed by atoms with E-state index in [9.17, 15) is 10.1 Å². The number of rotatable bonds is 11. The number of hydrogen-bond donors (Lipinski definition) is 2. The summed E-state index contributed by atoms with van der Waals surface area (Å²) in [5.74, 6) is 4.61. The molecule has 0 saturated heterocycles. The molecule has 0 aliphatic heterocycles. The van der Waals surface area contributed by atoms with Gasteiger partial charge in [0.15, 0.2) is 5.82 Å². The van der Waals surface area contributed by atoms with Crippen molar-refractivity contribution in [1.82, 2.24) is 15.6 Å². The van der Waals surface area contributed by atoms with Gasteiger partial charge in [-0.1, -0.05) is 6.07 Å². The minimum atomic E-state index is -0.475. The number of pyridine rings is 1. The van der Waals surface area contributed by atoms with Gasteiger partial charge < -0.3 is 10.6 Å². The number of thioether (sulfide) groups is 1. The largest absolute Gasteiger partial charge is 0.367 e. The van der Waals surface area contributed by atoms with Gasteiger partial charge in [0.05, 0.1) is 10.6 Å². The van der Waals surface area contributed by atoms with E-state index in [2.05, 4.69) is 21.5 Å². The van der Waals surface area contributed by atoms with Gasteiger partial charge in [-0.2, -0.15) is 11.8 Å². The fraction of sp³-hybridized carbons (Fsp3) is 0.400. The van der Waals surface area contributed by atoms with Crippen molar-refractivity contribution in [2.45, 2.75) is 18.6 Å². The van der Waals surface area contributed by atoms with E-state index in [1.807, 2.05) is 18.2 Å². The molecule has 0 atom stereocenters. The minimum Gasteiger partial charge on any atom is -0.367 e. The Balaban J connectivity index is 2.22. The zero-order chi connectivity index (χ0) is 16.0. The minimum absolute atomic E-state index is 0.417. The molecule has 1 heterocycles. The first-order valence-corrected chi connectivity index (χ1v) is 8.12. The number of nitrogens with zero attached hydrogens (tertiary/aromatic N) is 2. The predicted molar refractivity (Wildman–Crippen MR) is 89.5 cm³/mol. The molecule has 1 rings (SSSR count). The summed E-state index contributed by atoms with van der Waals surface area (Å²) < 4.78 is 0. The Hall–Kier alpha value is -2.20. The van der Waals surface area contributed by atoms with Crippen LogP contribution in [0.15, 0.2) is 36.4 Å². The molecule has 0 saturated carbocycles. The van der Waals surface area contributed by atoms with Crippen LogP contribution in [0.25, 0.3) is 0 Å². The van der Waals surface area contributed by atoms with Crippen LogP contribution in [0.3, 0.4) is 0 Å². The average molecular weight is 320 g/mol. The summed E-state index contributed by atoms with van der Waals surface area (Å²) >= 11 is 1.72. The standard InChI is InChI=1S/C15H20N4O2S/c1-2-3-5-9-17-15(12-19(20)21)18-10-11-22-13-14-7-4-6-8-16-14/h1,4,6-8,12,17-18H,3,5,9-11,13H2. The molecule has 0 unspecified atom stereocenters. The summed E-state index contributed by atoms with van der Waals surface area (Å²) in [6.45, 7) is 1.25. The summed E-state index contributed by atoms with van der Waals surface area (Å²) in [6.07, 6.45) is 9.31. The monoisotopic (exact) mass is 320 g/mol. The Morgan fingerprint density at radius 3 is 2.95 bits per heavy atom. The number of unbranched alkanes of at least 4 members (excludes halogenated alkanes) is 1. The summed E-state index contributed by atoms with van der Waals surface area (Å²) in [7, 11) is 0. The third-order valence-electron chi connectivity index (χ3n) is 2.59. The molecule has 0 aromatic carbocycles. The molecule has 7 heteroatoms. The lowest BCUT2D eigenvalue weighted by molar-refractivity contribution is -0.404. The van der Waals surface area contributed by atoms with Crippen molar-refractivity contribution >= 4 is 11.8 Å². The van der Waals surface area contributed by atoms with Crippen LogP contribution in [0.5, 0.6) is 0 Å². The van der Waals surface area contributed by atoms with Crippen LogP contribution in [-0.4, -0.2) is 28.7 Å². The van der Waals surface area contributed by atoms with E-state index in [0.717, 1.165) is 29.8 Å². The number of nitro groups is 1. The highest BCUT2D eigenvalue weighted by Gasteiger charge is 2.02. The van der Waals surface area contributed by atoms with E-state index in [1.54, 1.807) is 18.0 Å². The number of hydrogen-bond acceptors (Lipinski definition) is 6.